The summed E-state index contributed by atoms with van der Waals surface area (Å²) in [5, 5.41) is 7.25. The Morgan fingerprint density at radius 3 is 2.61 bits per heavy atom. The van der Waals surface area contributed by atoms with Crippen LogP contribution in [0.4, 0.5) is 5.69 Å². The highest BCUT2D eigenvalue weighted by molar-refractivity contribution is 6.05. The predicted octanol–water partition coefficient (Wildman–Crippen LogP) is 3.21. The summed E-state index contributed by atoms with van der Waals surface area (Å²) < 4.78 is 3.53. The van der Waals surface area contributed by atoms with Gasteiger partial charge in [0.15, 0.2) is 0 Å². The number of anilines is 1. The summed E-state index contributed by atoms with van der Waals surface area (Å²) in [6.07, 6.45) is 7.11. The van der Waals surface area contributed by atoms with Crippen molar-refractivity contribution < 1.29 is 9.59 Å². The van der Waals surface area contributed by atoms with E-state index in [0.29, 0.717) is 23.4 Å². The standard InChI is InChI=1S/C23H24N6O2/c1-15-5-6-17(23(31)27(3)12-19-13-28(4)26-16(19)2)11-20(15)25-22(30)18-7-8-21-24-9-10-29(21)14-18/h5-11,13-14H,12H2,1-4H3,(H,25,30). The Labute approximate surface area is 180 Å². The lowest BCUT2D eigenvalue weighted by molar-refractivity contribution is 0.0784. The van der Waals surface area contributed by atoms with Crippen LogP contribution in [-0.4, -0.2) is 42.9 Å². The highest BCUT2D eigenvalue weighted by atomic mass is 16.2. The Hall–Kier alpha value is -3.94. The largest absolute Gasteiger partial charge is 0.337 e. The van der Waals surface area contributed by atoms with E-state index in [4.69, 9.17) is 0 Å². The van der Waals surface area contributed by atoms with Crippen LogP contribution in [0.3, 0.4) is 0 Å². The van der Waals surface area contributed by atoms with Gasteiger partial charge in [0, 0.05) is 62.2 Å². The van der Waals surface area contributed by atoms with Crippen molar-refractivity contribution in [2.24, 2.45) is 7.05 Å². The van der Waals surface area contributed by atoms with Crippen LogP contribution in [0, 0.1) is 13.8 Å². The van der Waals surface area contributed by atoms with Crippen molar-refractivity contribution in [2.75, 3.05) is 12.4 Å². The Kier molecular flexibility index (Phi) is 5.29. The Balaban J connectivity index is 1.52. The number of aryl methyl sites for hydroxylation is 3. The fraction of sp³-hybridized carbons (Fsp3) is 0.217. The Morgan fingerprint density at radius 1 is 1.10 bits per heavy atom. The van der Waals surface area contributed by atoms with Gasteiger partial charge in [0.1, 0.15) is 5.65 Å². The van der Waals surface area contributed by atoms with E-state index in [1.165, 1.54) is 0 Å². The first-order valence-corrected chi connectivity index (χ1v) is 9.91. The first-order valence-electron chi connectivity index (χ1n) is 9.91. The maximum Gasteiger partial charge on any atom is 0.257 e. The third-order valence-electron chi connectivity index (χ3n) is 5.25. The van der Waals surface area contributed by atoms with Crippen LogP contribution in [0.1, 0.15) is 37.5 Å². The van der Waals surface area contributed by atoms with Crippen LogP contribution in [0.25, 0.3) is 5.65 Å². The van der Waals surface area contributed by atoms with Gasteiger partial charge in [-0.25, -0.2) is 4.98 Å². The van der Waals surface area contributed by atoms with Crippen LogP contribution in [0.15, 0.2) is 55.1 Å². The van der Waals surface area contributed by atoms with Gasteiger partial charge in [-0.3, -0.25) is 14.3 Å². The van der Waals surface area contributed by atoms with E-state index in [9.17, 15) is 9.59 Å². The highest BCUT2D eigenvalue weighted by Gasteiger charge is 2.17. The molecule has 0 radical (unpaired) electrons. The second kappa shape index (κ2) is 8.06. The van der Waals surface area contributed by atoms with Gasteiger partial charge in [0.2, 0.25) is 0 Å². The molecule has 158 valence electrons. The summed E-state index contributed by atoms with van der Waals surface area (Å²) in [5.74, 6) is -0.374. The molecule has 0 fully saturated rings. The molecule has 8 nitrogen and oxygen atoms in total. The Bertz CT molecular complexity index is 1290. The minimum absolute atomic E-state index is 0.126. The Morgan fingerprint density at radius 2 is 1.87 bits per heavy atom. The van der Waals surface area contributed by atoms with Crippen LogP contribution in [0.2, 0.25) is 0 Å². The number of carbonyl (C=O) groups is 2. The minimum Gasteiger partial charge on any atom is -0.337 e. The lowest BCUT2D eigenvalue weighted by atomic mass is 10.1. The van der Waals surface area contributed by atoms with Gasteiger partial charge in [-0.1, -0.05) is 6.07 Å². The lowest BCUT2D eigenvalue weighted by Gasteiger charge is -2.18. The fourth-order valence-corrected chi connectivity index (χ4v) is 3.49. The monoisotopic (exact) mass is 416 g/mol. The van der Waals surface area contributed by atoms with Crippen molar-refractivity contribution in [2.45, 2.75) is 20.4 Å². The van der Waals surface area contributed by atoms with Crippen molar-refractivity contribution in [3.05, 3.63) is 83.1 Å². The molecule has 0 atom stereocenters. The normalized spacial score (nSPS) is 11.0. The molecule has 31 heavy (non-hydrogen) atoms. The molecule has 1 aromatic carbocycles. The van der Waals surface area contributed by atoms with E-state index >= 15 is 0 Å². The third kappa shape index (κ3) is 4.18. The van der Waals surface area contributed by atoms with Crippen molar-refractivity contribution >= 4 is 23.1 Å². The summed E-state index contributed by atoms with van der Waals surface area (Å²) in [4.78, 5) is 31.6. The van der Waals surface area contributed by atoms with E-state index in [1.54, 1.807) is 63.9 Å². The number of pyridine rings is 1. The summed E-state index contributed by atoms with van der Waals surface area (Å²) in [6, 6.07) is 8.85. The number of aromatic nitrogens is 4. The predicted molar refractivity (Wildman–Crippen MR) is 118 cm³/mol. The van der Waals surface area contributed by atoms with E-state index < -0.39 is 0 Å². The van der Waals surface area contributed by atoms with Crippen molar-refractivity contribution in [3.8, 4) is 0 Å². The zero-order valence-electron chi connectivity index (χ0n) is 18.0. The maximum atomic E-state index is 13.0. The molecule has 0 saturated heterocycles. The number of hydrogen-bond acceptors (Lipinski definition) is 4. The number of nitrogens with one attached hydrogen (secondary N) is 1. The topological polar surface area (TPSA) is 84.5 Å². The van der Waals surface area contributed by atoms with Gasteiger partial charge < -0.3 is 14.6 Å². The number of benzene rings is 1. The summed E-state index contributed by atoms with van der Waals surface area (Å²) in [5.41, 5.74) is 5.16. The van der Waals surface area contributed by atoms with E-state index in [-0.39, 0.29) is 11.8 Å². The maximum absolute atomic E-state index is 13.0. The van der Waals surface area contributed by atoms with Crippen LogP contribution in [-0.2, 0) is 13.6 Å². The number of imidazole rings is 1. The smallest absolute Gasteiger partial charge is 0.257 e. The highest BCUT2D eigenvalue weighted by Crippen LogP contribution is 2.20. The lowest BCUT2D eigenvalue weighted by Crippen LogP contribution is -2.26. The fourth-order valence-electron chi connectivity index (χ4n) is 3.49. The second-order valence-corrected chi connectivity index (χ2v) is 7.67. The van der Waals surface area contributed by atoms with Crippen LogP contribution >= 0.6 is 0 Å². The molecule has 0 aliphatic rings. The first kappa shape index (κ1) is 20.3. The second-order valence-electron chi connectivity index (χ2n) is 7.67. The number of carbonyl (C=O) groups excluding carboxylic acids is 2. The van der Waals surface area contributed by atoms with E-state index in [2.05, 4.69) is 15.4 Å². The third-order valence-corrected chi connectivity index (χ3v) is 5.25. The molecule has 0 unspecified atom stereocenters. The summed E-state index contributed by atoms with van der Waals surface area (Å²) >= 11 is 0. The average molecular weight is 416 g/mol. The number of hydrogen-bond donors (Lipinski definition) is 1. The van der Waals surface area contributed by atoms with Gasteiger partial charge in [0.05, 0.1) is 11.3 Å². The van der Waals surface area contributed by atoms with E-state index in [0.717, 1.165) is 22.5 Å². The van der Waals surface area contributed by atoms with Gasteiger partial charge in [-0.05, 0) is 43.7 Å². The molecule has 4 aromatic rings. The molecule has 0 aliphatic heterocycles. The molecule has 0 bridgehead atoms. The molecular weight excluding hydrogens is 392 g/mol. The quantitative estimate of drug-likeness (QED) is 0.541. The van der Waals surface area contributed by atoms with E-state index in [1.807, 2.05) is 33.2 Å². The number of rotatable bonds is 5. The van der Waals surface area contributed by atoms with Crippen LogP contribution in [0.5, 0.6) is 0 Å². The molecule has 4 rings (SSSR count). The number of fused-ring (bicyclic) bond motifs is 1. The van der Waals surface area contributed by atoms with Crippen LogP contribution < -0.4 is 5.32 Å². The molecular formula is C23H24N6O2. The van der Waals surface area contributed by atoms with Crippen molar-refractivity contribution in [1.29, 1.82) is 0 Å². The molecule has 0 saturated carbocycles. The SMILES string of the molecule is Cc1ccc(C(=O)N(C)Cc2cn(C)nc2C)cc1NC(=O)c1ccc2nccn2c1. The molecule has 3 heterocycles. The molecule has 2 amide bonds. The molecule has 1 N–H and O–H groups in total. The molecule has 8 heteroatoms. The first-order chi connectivity index (χ1) is 14.8. The average Bonchev–Trinajstić information content (AvgIpc) is 3.33. The number of nitrogens with zero attached hydrogens (tertiary/aromatic N) is 5. The van der Waals surface area contributed by atoms with Gasteiger partial charge in [0.25, 0.3) is 11.8 Å². The zero-order chi connectivity index (χ0) is 22.1. The summed E-state index contributed by atoms with van der Waals surface area (Å²) in [6.45, 7) is 4.28. The van der Waals surface area contributed by atoms with Crippen molar-refractivity contribution in [1.82, 2.24) is 24.1 Å². The van der Waals surface area contributed by atoms with Gasteiger partial charge >= 0.3 is 0 Å². The van der Waals surface area contributed by atoms with Gasteiger partial charge in [-0.2, -0.15) is 5.10 Å². The van der Waals surface area contributed by atoms with Gasteiger partial charge in [-0.15, -0.1) is 0 Å². The molecule has 3 aromatic heterocycles. The zero-order valence-corrected chi connectivity index (χ0v) is 18.0. The number of amides is 2. The van der Waals surface area contributed by atoms with Crippen molar-refractivity contribution in [3.63, 3.8) is 0 Å². The minimum atomic E-state index is -0.248. The molecule has 0 spiro atoms. The molecule has 0 aliphatic carbocycles. The summed E-state index contributed by atoms with van der Waals surface area (Å²) in [7, 11) is 3.62.